The molecule has 2 heteroatoms. The minimum Gasteiger partial charge on any atom is -0.294 e. The third-order valence-corrected chi connectivity index (χ3v) is 4.15. The molecule has 1 fully saturated rings. The van der Waals surface area contributed by atoms with E-state index in [1.54, 1.807) is 12.1 Å². The highest BCUT2D eigenvalue weighted by atomic mass is 35.5. The number of ketones is 1. The summed E-state index contributed by atoms with van der Waals surface area (Å²) in [5.41, 5.74) is 0.819. The number of hydrogen-bond acceptors (Lipinski definition) is 1. The summed E-state index contributed by atoms with van der Waals surface area (Å²) in [5.74, 6) is 1.12. The van der Waals surface area contributed by atoms with Gasteiger partial charge in [-0.15, -0.1) is 0 Å². The Kier molecular flexibility index (Phi) is 4.22. The van der Waals surface area contributed by atoms with E-state index in [1.807, 2.05) is 12.1 Å². The second kappa shape index (κ2) is 5.68. The fourth-order valence-electron chi connectivity index (χ4n) is 2.87. The van der Waals surface area contributed by atoms with E-state index in [9.17, 15) is 4.79 Å². The maximum atomic E-state index is 12.4. The van der Waals surface area contributed by atoms with Crippen LogP contribution in [0.5, 0.6) is 0 Å². The quantitative estimate of drug-likeness (QED) is 0.709. The van der Waals surface area contributed by atoms with E-state index in [1.165, 1.54) is 19.3 Å². The lowest BCUT2D eigenvalue weighted by atomic mass is 9.74. The van der Waals surface area contributed by atoms with Gasteiger partial charge in [-0.1, -0.05) is 37.8 Å². The van der Waals surface area contributed by atoms with Crippen molar-refractivity contribution in [3.63, 3.8) is 0 Å². The van der Waals surface area contributed by atoms with Crippen molar-refractivity contribution in [1.29, 1.82) is 0 Å². The second-order valence-corrected chi connectivity index (χ2v) is 5.37. The number of carbonyl (C=O) groups excluding carboxylic acids is 1. The van der Waals surface area contributed by atoms with Crippen LogP contribution in [0.15, 0.2) is 24.3 Å². The molecule has 0 saturated heterocycles. The van der Waals surface area contributed by atoms with Crippen LogP contribution in [0.4, 0.5) is 0 Å². The first kappa shape index (κ1) is 12.6. The van der Waals surface area contributed by atoms with E-state index in [-0.39, 0.29) is 5.92 Å². The second-order valence-electron chi connectivity index (χ2n) is 4.93. The van der Waals surface area contributed by atoms with Crippen LogP contribution in [0.25, 0.3) is 0 Å². The lowest BCUT2D eigenvalue weighted by Gasteiger charge is -2.29. The molecule has 17 heavy (non-hydrogen) atoms. The molecule has 0 N–H and O–H groups in total. The molecule has 1 aliphatic carbocycles. The van der Waals surface area contributed by atoms with Crippen molar-refractivity contribution >= 4 is 17.4 Å². The predicted octanol–water partition coefficient (Wildman–Crippen LogP) is 4.74. The Morgan fingerprint density at radius 3 is 2.53 bits per heavy atom. The molecule has 0 aliphatic heterocycles. The Balaban J connectivity index is 2.15. The van der Waals surface area contributed by atoms with Gasteiger partial charge in [0, 0.05) is 16.5 Å². The standard InChI is InChI=1S/C15H19ClO/c1-2-11-5-3-4-6-14(11)15(17)12-7-9-13(16)10-8-12/h7-11,14H,2-6H2,1H3. The largest absolute Gasteiger partial charge is 0.294 e. The molecule has 0 spiro atoms. The monoisotopic (exact) mass is 250 g/mol. The summed E-state index contributed by atoms with van der Waals surface area (Å²) in [6.45, 7) is 2.19. The highest BCUT2D eigenvalue weighted by Gasteiger charge is 2.29. The van der Waals surface area contributed by atoms with E-state index in [4.69, 9.17) is 11.6 Å². The Labute approximate surface area is 108 Å². The molecule has 2 unspecified atom stereocenters. The van der Waals surface area contributed by atoms with Crippen LogP contribution in [0.2, 0.25) is 5.02 Å². The number of hydrogen-bond donors (Lipinski definition) is 0. The molecule has 0 radical (unpaired) electrons. The average molecular weight is 251 g/mol. The number of carbonyl (C=O) groups is 1. The van der Waals surface area contributed by atoms with E-state index < -0.39 is 0 Å². The van der Waals surface area contributed by atoms with Gasteiger partial charge in [-0.25, -0.2) is 0 Å². The summed E-state index contributed by atoms with van der Waals surface area (Å²) in [6.07, 6.45) is 5.86. The van der Waals surface area contributed by atoms with Crippen LogP contribution in [0, 0.1) is 11.8 Å². The molecule has 1 aromatic carbocycles. The van der Waals surface area contributed by atoms with Crippen molar-refractivity contribution in [3.05, 3.63) is 34.9 Å². The van der Waals surface area contributed by atoms with E-state index in [0.29, 0.717) is 16.7 Å². The lowest BCUT2D eigenvalue weighted by molar-refractivity contribution is 0.0820. The van der Waals surface area contributed by atoms with E-state index in [0.717, 1.165) is 18.4 Å². The van der Waals surface area contributed by atoms with Crippen LogP contribution >= 0.6 is 11.6 Å². The first-order valence-corrected chi connectivity index (χ1v) is 6.90. The molecule has 92 valence electrons. The predicted molar refractivity (Wildman–Crippen MR) is 71.5 cm³/mol. The minimum absolute atomic E-state index is 0.231. The highest BCUT2D eigenvalue weighted by molar-refractivity contribution is 6.30. The van der Waals surface area contributed by atoms with Gasteiger partial charge < -0.3 is 0 Å². The molecule has 1 nitrogen and oxygen atoms in total. The maximum absolute atomic E-state index is 12.4. The zero-order valence-electron chi connectivity index (χ0n) is 10.3. The SMILES string of the molecule is CCC1CCCCC1C(=O)c1ccc(Cl)cc1. The summed E-state index contributed by atoms with van der Waals surface area (Å²) in [7, 11) is 0. The van der Waals surface area contributed by atoms with Crippen molar-refractivity contribution in [2.24, 2.45) is 11.8 Å². The van der Waals surface area contributed by atoms with Crippen LogP contribution < -0.4 is 0 Å². The van der Waals surface area contributed by atoms with Gasteiger partial charge in [0.15, 0.2) is 5.78 Å². The first-order chi connectivity index (χ1) is 8.22. The highest BCUT2D eigenvalue weighted by Crippen LogP contribution is 2.34. The zero-order chi connectivity index (χ0) is 12.3. The van der Waals surface area contributed by atoms with Crippen LogP contribution in [0.3, 0.4) is 0 Å². The van der Waals surface area contributed by atoms with E-state index >= 15 is 0 Å². The maximum Gasteiger partial charge on any atom is 0.166 e. The van der Waals surface area contributed by atoms with Gasteiger partial charge in [0.25, 0.3) is 0 Å². The van der Waals surface area contributed by atoms with Crippen LogP contribution in [-0.2, 0) is 0 Å². The lowest BCUT2D eigenvalue weighted by Crippen LogP contribution is -2.26. The van der Waals surface area contributed by atoms with E-state index in [2.05, 4.69) is 6.92 Å². The number of rotatable bonds is 3. The minimum atomic E-state index is 0.231. The summed E-state index contributed by atoms with van der Waals surface area (Å²) in [6, 6.07) is 7.31. The molecule has 1 aliphatic rings. The van der Waals surface area contributed by atoms with Gasteiger partial charge in [-0.05, 0) is 43.0 Å². The van der Waals surface area contributed by atoms with Gasteiger partial charge in [0.05, 0.1) is 0 Å². The Morgan fingerprint density at radius 1 is 1.24 bits per heavy atom. The molecular formula is C15H19ClO. The molecule has 2 rings (SSSR count). The van der Waals surface area contributed by atoms with Crippen molar-refractivity contribution in [2.45, 2.75) is 39.0 Å². The molecule has 2 atom stereocenters. The fraction of sp³-hybridized carbons (Fsp3) is 0.533. The van der Waals surface area contributed by atoms with Crippen LogP contribution in [-0.4, -0.2) is 5.78 Å². The number of benzene rings is 1. The molecular weight excluding hydrogens is 232 g/mol. The third kappa shape index (κ3) is 2.90. The van der Waals surface area contributed by atoms with Crippen molar-refractivity contribution in [2.75, 3.05) is 0 Å². The first-order valence-electron chi connectivity index (χ1n) is 6.52. The van der Waals surface area contributed by atoms with Gasteiger partial charge in [-0.2, -0.15) is 0 Å². The molecule has 1 aromatic rings. The molecule has 0 amide bonds. The summed E-state index contributed by atoms with van der Waals surface area (Å²) < 4.78 is 0. The number of halogens is 1. The Bertz CT molecular complexity index is 382. The molecule has 0 heterocycles. The topological polar surface area (TPSA) is 17.1 Å². The third-order valence-electron chi connectivity index (χ3n) is 3.90. The van der Waals surface area contributed by atoms with Gasteiger partial charge in [-0.3, -0.25) is 4.79 Å². The van der Waals surface area contributed by atoms with Gasteiger partial charge >= 0.3 is 0 Å². The Morgan fingerprint density at radius 2 is 1.88 bits per heavy atom. The summed E-state index contributed by atoms with van der Waals surface area (Å²) in [5, 5.41) is 0.692. The average Bonchev–Trinajstić information content (AvgIpc) is 2.39. The molecule has 0 bridgehead atoms. The fourth-order valence-corrected chi connectivity index (χ4v) is 3.00. The summed E-state index contributed by atoms with van der Waals surface area (Å²) >= 11 is 5.85. The Hall–Kier alpha value is -0.820. The number of Topliss-reactive ketones (excluding diaryl/α,β-unsaturated/α-hetero) is 1. The molecule has 1 saturated carbocycles. The zero-order valence-corrected chi connectivity index (χ0v) is 11.0. The smallest absolute Gasteiger partial charge is 0.166 e. The van der Waals surface area contributed by atoms with Gasteiger partial charge in [0.2, 0.25) is 0 Å². The van der Waals surface area contributed by atoms with Crippen molar-refractivity contribution in [1.82, 2.24) is 0 Å². The van der Waals surface area contributed by atoms with Crippen molar-refractivity contribution in [3.8, 4) is 0 Å². The normalized spacial score (nSPS) is 24.6. The van der Waals surface area contributed by atoms with Crippen molar-refractivity contribution < 1.29 is 4.79 Å². The van der Waals surface area contributed by atoms with Gasteiger partial charge in [0.1, 0.15) is 0 Å². The van der Waals surface area contributed by atoms with Crippen LogP contribution in [0.1, 0.15) is 49.4 Å². The molecule has 0 aromatic heterocycles. The summed E-state index contributed by atoms with van der Waals surface area (Å²) in [4.78, 5) is 12.4.